The molecule has 33 heavy (non-hydrogen) atoms. The van der Waals surface area contributed by atoms with Crippen LogP contribution in [0.3, 0.4) is 0 Å². The summed E-state index contributed by atoms with van der Waals surface area (Å²) in [5, 5.41) is 19.9. The summed E-state index contributed by atoms with van der Waals surface area (Å²) in [4.78, 5) is 27.5. The number of hydrogen-bond donors (Lipinski definition) is 2. The summed E-state index contributed by atoms with van der Waals surface area (Å²) in [7, 11) is 1.47. The molecule has 0 saturated carbocycles. The number of alkyl halides is 3. The van der Waals surface area contributed by atoms with Crippen molar-refractivity contribution in [2.45, 2.75) is 45.1 Å². The first-order chi connectivity index (χ1) is 15.7. The molecule has 0 aromatic carbocycles. The molecule has 2 amide bonds. The zero-order chi connectivity index (χ0) is 24.0. The fraction of sp³-hybridized carbons (Fsp3) is 0.421. The number of nitrogens with one attached hydrogen (secondary N) is 2. The first-order valence-electron chi connectivity index (χ1n) is 9.92. The Morgan fingerprint density at radius 2 is 1.76 bits per heavy atom. The highest BCUT2D eigenvalue weighted by Crippen LogP contribution is 2.26. The van der Waals surface area contributed by atoms with Gasteiger partial charge in [-0.1, -0.05) is 10.4 Å². The van der Waals surface area contributed by atoms with E-state index in [0.29, 0.717) is 5.56 Å². The second-order valence-corrected chi connectivity index (χ2v) is 7.31. The van der Waals surface area contributed by atoms with E-state index in [1.165, 1.54) is 41.1 Å². The fourth-order valence-corrected chi connectivity index (χ4v) is 2.80. The average Bonchev–Trinajstić information content (AvgIpc) is 3.45. The van der Waals surface area contributed by atoms with Crippen LogP contribution in [0.4, 0.5) is 13.2 Å². The monoisotopic (exact) mass is 465 g/mol. The third-order valence-electron chi connectivity index (χ3n) is 4.58. The van der Waals surface area contributed by atoms with Gasteiger partial charge in [0, 0.05) is 51.4 Å². The van der Waals surface area contributed by atoms with E-state index >= 15 is 0 Å². The third kappa shape index (κ3) is 6.57. The molecular formula is C19H22F3N9O2. The maximum atomic E-state index is 14.3. The summed E-state index contributed by atoms with van der Waals surface area (Å²) in [6, 6.07) is 1.25. The lowest BCUT2D eigenvalue weighted by molar-refractivity contribution is 0.0170. The van der Waals surface area contributed by atoms with Crippen LogP contribution in [0.25, 0.3) is 0 Å². The average molecular weight is 465 g/mol. The lowest BCUT2D eigenvalue weighted by Crippen LogP contribution is -2.23. The van der Waals surface area contributed by atoms with Crippen molar-refractivity contribution in [3.05, 3.63) is 53.4 Å². The third-order valence-corrected chi connectivity index (χ3v) is 4.58. The molecule has 0 aliphatic heterocycles. The van der Waals surface area contributed by atoms with Gasteiger partial charge in [0.15, 0.2) is 11.4 Å². The SMILES string of the molecule is CNC(=O)c1cn(CCC(F)Cn2cc(C(=O)NCc3cncc(C(C)(F)F)c3)nn2)nn1. The highest BCUT2D eigenvalue weighted by atomic mass is 19.3. The molecular weight excluding hydrogens is 443 g/mol. The van der Waals surface area contributed by atoms with Crippen molar-refractivity contribution < 1.29 is 22.8 Å². The highest BCUT2D eigenvalue weighted by molar-refractivity contribution is 5.92. The van der Waals surface area contributed by atoms with E-state index < -0.39 is 23.9 Å². The molecule has 0 aliphatic rings. The number of amides is 2. The van der Waals surface area contributed by atoms with Gasteiger partial charge in [0.2, 0.25) is 0 Å². The summed E-state index contributed by atoms with van der Waals surface area (Å²) < 4.78 is 43.7. The Morgan fingerprint density at radius 1 is 1.09 bits per heavy atom. The molecule has 1 unspecified atom stereocenters. The van der Waals surface area contributed by atoms with Crippen molar-refractivity contribution in [1.29, 1.82) is 0 Å². The number of carbonyl (C=O) groups is 2. The molecule has 0 fully saturated rings. The van der Waals surface area contributed by atoms with Gasteiger partial charge in [0.25, 0.3) is 17.7 Å². The van der Waals surface area contributed by atoms with E-state index in [0.717, 1.165) is 13.1 Å². The molecule has 3 aromatic rings. The molecule has 3 heterocycles. The number of pyridine rings is 1. The number of aromatic nitrogens is 7. The van der Waals surface area contributed by atoms with Crippen molar-refractivity contribution in [2.24, 2.45) is 0 Å². The molecule has 3 rings (SSSR count). The lowest BCUT2D eigenvalue weighted by atomic mass is 10.1. The van der Waals surface area contributed by atoms with E-state index in [1.807, 2.05) is 0 Å². The second kappa shape index (κ2) is 10.2. The predicted octanol–water partition coefficient (Wildman–Crippen LogP) is 1.09. The second-order valence-electron chi connectivity index (χ2n) is 7.31. The zero-order valence-electron chi connectivity index (χ0n) is 17.9. The van der Waals surface area contributed by atoms with Gasteiger partial charge in [0.1, 0.15) is 6.17 Å². The summed E-state index contributed by atoms with van der Waals surface area (Å²) in [6.45, 7) is 0.771. The van der Waals surface area contributed by atoms with E-state index in [-0.39, 0.29) is 43.0 Å². The quantitative estimate of drug-likeness (QED) is 0.458. The molecule has 14 heteroatoms. The van der Waals surface area contributed by atoms with Crippen LogP contribution >= 0.6 is 0 Å². The Morgan fingerprint density at radius 3 is 2.45 bits per heavy atom. The molecule has 0 bridgehead atoms. The van der Waals surface area contributed by atoms with Crippen LogP contribution < -0.4 is 10.6 Å². The van der Waals surface area contributed by atoms with Crippen LogP contribution in [0.2, 0.25) is 0 Å². The molecule has 1 atom stereocenters. The largest absolute Gasteiger partial charge is 0.354 e. The Bertz CT molecular complexity index is 1110. The smallest absolute Gasteiger partial charge is 0.273 e. The molecule has 0 saturated heterocycles. The number of nitrogens with zero attached hydrogens (tertiary/aromatic N) is 7. The van der Waals surface area contributed by atoms with Crippen molar-refractivity contribution in [3.63, 3.8) is 0 Å². The van der Waals surface area contributed by atoms with Gasteiger partial charge in [-0.15, -0.1) is 10.2 Å². The summed E-state index contributed by atoms with van der Waals surface area (Å²) in [6.07, 6.45) is 3.89. The summed E-state index contributed by atoms with van der Waals surface area (Å²) >= 11 is 0. The maximum Gasteiger partial charge on any atom is 0.273 e. The first kappa shape index (κ1) is 23.8. The number of hydrogen-bond acceptors (Lipinski definition) is 7. The van der Waals surface area contributed by atoms with Crippen molar-refractivity contribution in [2.75, 3.05) is 7.05 Å². The zero-order valence-corrected chi connectivity index (χ0v) is 17.9. The van der Waals surface area contributed by atoms with E-state index in [1.54, 1.807) is 0 Å². The van der Waals surface area contributed by atoms with E-state index in [2.05, 4.69) is 36.2 Å². The lowest BCUT2D eigenvalue weighted by Gasteiger charge is -2.11. The Kier molecular flexibility index (Phi) is 7.35. The molecule has 11 nitrogen and oxygen atoms in total. The minimum atomic E-state index is -3.04. The number of carbonyl (C=O) groups excluding carboxylic acids is 2. The minimum absolute atomic E-state index is 0.0374. The molecule has 0 aliphatic carbocycles. The van der Waals surface area contributed by atoms with Crippen LogP contribution in [0.5, 0.6) is 0 Å². The maximum absolute atomic E-state index is 14.3. The number of aryl methyl sites for hydroxylation is 1. The Labute approximate surface area is 186 Å². The van der Waals surface area contributed by atoms with Crippen molar-refractivity contribution >= 4 is 11.8 Å². The summed E-state index contributed by atoms with van der Waals surface area (Å²) in [5.41, 5.74) is 0.223. The van der Waals surface area contributed by atoms with Gasteiger partial charge < -0.3 is 10.6 Å². The normalized spacial score (nSPS) is 12.4. The van der Waals surface area contributed by atoms with E-state index in [9.17, 15) is 22.8 Å². The molecule has 0 radical (unpaired) electrons. The number of halogens is 3. The molecule has 0 spiro atoms. The highest BCUT2D eigenvalue weighted by Gasteiger charge is 2.25. The molecule has 2 N–H and O–H groups in total. The minimum Gasteiger partial charge on any atom is -0.354 e. The van der Waals surface area contributed by atoms with Crippen LogP contribution in [0.15, 0.2) is 30.9 Å². The van der Waals surface area contributed by atoms with Gasteiger partial charge in [0.05, 0.1) is 18.9 Å². The molecule has 3 aromatic heterocycles. The van der Waals surface area contributed by atoms with Gasteiger partial charge in [-0.3, -0.25) is 19.3 Å². The van der Waals surface area contributed by atoms with E-state index in [4.69, 9.17) is 0 Å². The predicted molar refractivity (Wildman–Crippen MR) is 108 cm³/mol. The Hall–Kier alpha value is -3.84. The number of rotatable bonds is 10. The first-order valence-corrected chi connectivity index (χ1v) is 9.92. The molecule has 176 valence electrons. The van der Waals surface area contributed by atoms with Gasteiger partial charge in [-0.25, -0.2) is 17.9 Å². The van der Waals surface area contributed by atoms with Crippen molar-refractivity contribution in [1.82, 2.24) is 45.6 Å². The topological polar surface area (TPSA) is 133 Å². The van der Waals surface area contributed by atoms with Crippen LogP contribution in [-0.2, 0) is 25.6 Å². The van der Waals surface area contributed by atoms with Crippen LogP contribution in [0, 0.1) is 0 Å². The fourth-order valence-electron chi connectivity index (χ4n) is 2.80. The van der Waals surface area contributed by atoms with Gasteiger partial charge in [-0.2, -0.15) is 0 Å². The Balaban J connectivity index is 1.48. The van der Waals surface area contributed by atoms with Crippen LogP contribution in [0.1, 0.15) is 45.4 Å². The van der Waals surface area contributed by atoms with Gasteiger partial charge >= 0.3 is 0 Å². The van der Waals surface area contributed by atoms with Crippen LogP contribution in [-0.4, -0.2) is 60.0 Å². The van der Waals surface area contributed by atoms with Crippen molar-refractivity contribution in [3.8, 4) is 0 Å². The summed E-state index contributed by atoms with van der Waals surface area (Å²) in [5.74, 6) is -4.02. The standard InChI is InChI=1S/C19H22F3N9O2/c1-19(21,22)13-5-12(6-24-8-13)7-25-18(33)16-11-31(29-27-16)9-14(20)3-4-30-10-15(26-28-30)17(32)23-2/h5-6,8,10-11,14H,3-4,7,9H2,1-2H3,(H,23,32)(H,25,33). The van der Waals surface area contributed by atoms with Gasteiger partial charge in [-0.05, 0) is 11.6 Å².